The van der Waals surface area contributed by atoms with Crippen LogP contribution >= 0.6 is 31.9 Å². The van der Waals surface area contributed by atoms with Crippen molar-refractivity contribution in [2.24, 2.45) is 0 Å². The first-order chi connectivity index (χ1) is 13.2. The molecule has 1 aliphatic carbocycles. The van der Waals surface area contributed by atoms with Crippen LogP contribution in [-0.4, -0.2) is 37.2 Å². The number of aryl methyl sites for hydroxylation is 1. The summed E-state index contributed by atoms with van der Waals surface area (Å²) in [4.78, 5) is 2.63. The molecule has 1 saturated heterocycles. The van der Waals surface area contributed by atoms with Gasteiger partial charge in [-0.15, -0.1) is 0 Å². The molecule has 2 aromatic carbocycles. The Morgan fingerprint density at radius 2 is 1.78 bits per heavy atom. The summed E-state index contributed by atoms with van der Waals surface area (Å²) in [5, 5.41) is 3.49. The van der Waals surface area contributed by atoms with Crippen LogP contribution in [0.4, 0.5) is 0 Å². The minimum Gasteiger partial charge on any atom is -0.372 e. The molecule has 1 N–H and O–H groups in total. The van der Waals surface area contributed by atoms with Gasteiger partial charge in [-0.25, -0.2) is 0 Å². The minimum absolute atomic E-state index is 0.226. The van der Waals surface area contributed by atoms with Gasteiger partial charge in [-0.05, 0) is 54.2 Å². The quantitative estimate of drug-likeness (QED) is 0.601. The van der Waals surface area contributed by atoms with Gasteiger partial charge in [0.2, 0.25) is 0 Å². The lowest BCUT2D eigenvalue weighted by Crippen LogP contribution is -2.48. The zero-order valence-corrected chi connectivity index (χ0v) is 18.6. The second kappa shape index (κ2) is 9.19. The molecule has 1 heterocycles. The van der Waals surface area contributed by atoms with Crippen LogP contribution in [0, 0.1) is 0 Å². The summed E-state index contributed by atoms with van der Waals surface area (Å²) in [6, 6.07) is 15.7. The zero-order chi connectivity index (χ0) is 18.6. The summed E-state index contributed by atoms with van der Waals surface area (Å²) in [6.45, 7) is 4.93. The molecule has 1 aliphatic heterocycles. The molecular weight excluding hydrogens is 468 g/mol. The van der Waals surface area contributed by atoms with Crippen molar-refractivity contribution in [3.05, 3.63) is 68.1 Å². The molecule has 2 aliphatic rings. The van der Waals surface area contributed by atoms with E-state index in [0.29, 0.717) is 12.6 Å². The molecule has 0 saturated carbocycles. The lowest BCUT2D eigenvalue weighted by Gasteiger charge is -2.39. The van der Waals surface area contributed by atoms with Crippen LogP contribution < -0.4 is 5.32 Å². The number of hydrogen-bond acceptors (Lipinski definition) is 3. The SMILES string of the molecule is Brc1cc(Br)cc(CO[C@H]2CCCc3ccccc3[C@H]2N2CCNCC2)c1. The maximum atomic E-state index is 6.58. The van der Waals surface area contributed by atoms with E-state index in [-0.39, 0.29) is 6.10 Å². The number of nitrogens with zero attached hydrogens (tertiary/aromatic N) is 1. The molecule has 2 atom stereocenters. The third-order valence-corrected chi connectivity index (χ3v) is 6.51. The van der Waals surface area contributed by atoms with Crippen LogP contribution in [0.2, 0.25) is 0 Å². The van der Waals surface area contributed by atoms with Crippen molar-refractivity contribution < 1.29 is 4.74 Å². The highest BCUT2D eigenvalue weighted by molar-refractivity contribution is 9.11. The fraction of sp³-hybridized carbons (Fsp3) is 0.455. The number of piperazine rings is 1. The maximum absolute atomic E-state index is 6.58. The highest BCUT2D eigenvalue weighted by Gasteiger charge is 2.33. The van der Waals surface area contributed by atoms with E-state index < -0.39 is 0 Å². The van der Waals surface area contributed by atoms with Crippen LogP contribution in [0.15, 0.2) is 51.4 Å². The molecule has 5 heteroatoms. The first-order valence-corrected chi connectivity index (χ1v) is 11.4. The normalized spacial score (nSPS) is 23.6. The number of fused-ring (bicyclic) bond motifs is 1. The van der Waals surface area contributed by atoms with Gasteiger partial charge in [-0.3, -0.25) is 4.90 Å². The van der Waals surface area contributed by atoms with Crippen molar-refractivity contribution in [3.8, 4) is 0 Å². The molecule has 0 spiro atoms. The minimum atomic E-state index is 0.226. The monoisotopic (exact) mass is 492 g/mol. The second-order valence-electron chi connectivity index (χ2n) is 7.45. The highest BCUT2D eigenvalue weighted by atomic mass is 79.9. The van der Waals surface area contributed by atoms with Gasteiger partial charge in [-0.1, -0.05) is 56.1 Å². The average Bonchev–Trinajstić information content (AvgIpc) is 2.85. The number of rotatable bonds is 4. The second-order valence-corrected chi connectivity index (χ2v) is 9.28. The maximum Gasteiger partial charge on any atom is 0.0776 e. The van der Waals surface area contributed by atoms with Gasteiger partial charge in [0.25, 0.3) is 0 Å². The van der Waals surface area contributed by atoms with E-state index in [1.807, 2.05) is 0 Å². The van der Waals surface area contributed by atoms with Crippen LogP contribution in [-0.2, 0) is 17.8 Å². The van der Waals surface area contributed by atoms with Crippen LogP contribution in [0.3, 0.4) is 0 Å². The summed E-state index contributed by atoms with van der Waals surface area (Å²) >= 11 is 7.17. The molecule has 0 amide bonds. The molecule has 0 unspecified atom stereocenters. The summed E-state index contributed by atoms with van der Waals surface area (Å²) in [7, 11) is 0. The third kappa shape index (κ3) is 4.83. The Labute approximate surface area is 178 Å². The Bertz CT molecular complexity index is 756. The fourth-order valence-corrected chi connectivity index (χ4v) is 5.75. The number of benzene rings is 2. The van der Waals surface area contributed by atoms with E-state index in [9.17, 15) is 0 Å². The standard InChI is InChI=1S/C22H26Br2N2O/c23-18-12-16(13-19(24)14-18)15-27-21-7-3-5-17-4-1-2-6-20(17)22(21)26-10-8-25-9-11-26/h1-2,4,6,12-14,21-22,25H,3,5,7-11,15H2/t21-,22+/m0/s1. The first kappa shape index (κ1) is 19.6. The molecule has 3 nitrogen and oxygen atoms in total. The van der Waals surface area contributed by atoms with Crippen molar-refractivity contribution in [2.75, 3.05) is 26.2 Å². The Balaban J connectivity index is 1.58. The number of nitrogens with one attached hydrogen (secondary N) is 1. The molecular formula is C22H26Br2N2O. The summed E-state index contributed by atoms with van der Waals surface area (Å²) in [6.07, 6.45) is 3.68. The Morgan fingerprint density at radius 1 is 1.04 bits per heavy atom. The Morgan fingerprint density at radius 3 is 2.56 bits per heavy atom. The number of ether oxygens (including phenoxy) is 1. The summed E-state index contributed by atoms with van der Waals surface area (Å²) in [5.74, 6) is 0. The number of halogens is 2. The molecule has 144 valence electrons. The Kier molecular flexibility index (Phi) is 6.66. The van der Waals surface area contributed by atoms with Crippen molar-refractivity contribution in [3.63, 3.8) is 0 Å². The lowest BCUT2D eigenvalue weighted by molar-refractivity contribution is -0.0320. The Hall–Kier alpha value is -0.720. The predicted octanol–water partition coefficient (Wildman–Crippen LogP) is 5.08. The largest absolute Gasteiger partial charge is 0.372 e. The van der Waals surface area contributed by atoms with E-state index in [0.717, 1.165) is 48.0 Å². The first-order valence-electron chi connectivity index (χ1n) is 9.80. The van der Waals surface area contributed by atoms with Gasteiger partial charge in [-0.2, -0.15) is 0 Å². The van der Waals surface area contributed by atoms with E-state index in [1.54, 1.807) is 0 Å². The molecule has 1 fully saturated rings. The lowest BCUT2D eigenvalue weighted by atomic mass is 9.95. The van der Waals surface area contributed by atoms with Crippen molar-refractivity contribution in [2.45, 2.75) is 38.0 Å². The molecule has 0 radical (unpaired) electrons. The molecule has 0 aromatic heterocycles. The molecule has 0 bridgehead atoms. The van der Waals surface area contributed by atoms with Crippen LogP contribution in [0.5, 0.6) is 0 Å². The van der Waals surface area contributed by atoms with Crippen molar-refractivity contribution in [1.82, 2.24) is 10.2 Å². The topological polar surface area (TPSA) is 24.5 Å². The van der Waals surface area contributed by atoms with Crippen molar-refractivity contribution >= 4 is 31.9 Å². The van der Waals surface area contributed by atoms with Gasteiger partial charge >= 0.3 is 0 Å². The fourth-order valence-electron chi connectivity index (χ4n) is 4.37. The highest BCUT2D eigenvalue weighted by Crippen LogP contribution is 2.36. The molecule has 2 aromatic rings. The van der Waals surface area contributed by atoms with Crippen LogP contribution in [0.1, 0.15) is 35.6 Å². The molecule has 4 rings (SSSR count). The smallest absolute Gasteiger partial charge is 0.0776 e. The van der Waals surface area contributed by atoms with Gasteiger partial charge in [0, 0.05) is 35.1 Å². The predicted molar refractivity (Wildman–Crippen MR) is 117 cm³/mol. The van der Waals surface area contributed by atoms with Gasteiger partial charge < -0.3 is 10.1 Å². The zero-order valence-electron chi connectivity index (χ0n) is 15.5. The summed E-state index contributed by atoms with van der Waals surface area (Å²) < 4.78 is 8.75. The van der Waals surface area contributed by atoms with E-state index in [4.69, 9.17) is 4.74 Å². The van der Waals surface area contributed by atoms with Gasteiger partial charge in [0.15, 0.2) is 0 Å². The average molecular weight is 494 g/mol. The third-order valence-electron chi connectivity index (χ3n) is 5.59. The van der Waals surface area contributed by atoms with Gasteiger partial charge in [0.1, 0.15) is 0 Å². The van der Waals surface area contributed by atoms with Crippen molar-refractivity contribution in [1.29, 1.82) is 0 Å². The van der Waals surface area contributed by atoms with Gasteiger partial charge in [0.05, 0.1) is 18.8 Å². The van der Waals surface area contributed by atoms with Crippen LogP contribution in [0.25, 0.3) is 0 Å². The number of hydrogen-bond donors (Lipinski definition) is 1. The van der Waals surface area contributed by atoms with E-state index >= 15 is 0 Å². The van der Waals surface area contributed by atoms with E-state index in [2.05, 4.69) is 84.5 Å². The van der Waals surface area contributed by atoms with E-state index in [1.165, 1.54) is 23.1 Å². The summed E-state index contributed by atoms with van der Waals surface area (Å²) in [5.41, 5.74) is 4.17. The molecule has 27 heavy (non-hydrogen) atoms.